The minimum absolute atomic E-state index is 0.0116. The van der Waals surface area contributed by atoms with Crippen LogP contribution in [-0.4, -0.2) is 27.3 Å². The smallest absolute Gasteiger partial charge is 0.433 e. The Labute approximate surface area is 164 Å². The van der Waals surface area contributed by atoms with Gasteiger partial charge in [0, 0.05) is 10.9 Å². The lowest BCUT2D eigenvalue weighted by Gasteiger charge is -2.09. The van der Waals surface area contributed by atoms with E-state index in [0.29, 0.717) is 15.9 Å². The average molecular weight is 432 g/mol. The Hall–Kier alpha value is -3.02. The van der Waals surface area contributed by atoms with Crippen LogP contribution in [0.15, 0.2) is 35.7 Å². The second kappa shape index (κ2) is 8.15. The van der Waals surface area contributed by atoms with Crippen LogP contribution in [0.1, 0.15) is 11.4 Å². The molecular weight excluding hydrogens is 419 g/mol. The van der Waals surface area contributed by atoms with E-state index >= 15 is 0 Å². The first-order valence-electron chi connectivity index (χ1n) is 8.04. The van der Waals surface area contributed by atoms with Crippen molar-refractivity contribution in [1.29, 1.82) is 0 Å². The molecule has 0 saturated heterocycles. The maximum Gasteiger partial charge on any atom is 0.433 e. The summed E-state index contributed by atoms with van der Waals surface area (Å²) in [4.78, 5) is 16.3. The van der Waals surface area contributed by atoms with Gasteiger partial charge in [0.15, 0.2) is 5.13 Å². The molecule has 0 atom stereocenters. The monoisotopic (exact) mass is 432 g/mol. The highest BCUT2D eigenvalue weighted by Crippen LogP contribution is 2.30. The molecule has 154 valence electrons. The van der Waals surface area contributed by atoms with Gasteiger partial charge in [-0.2, -0.15) is 27.1 Å². The Bertz CT molecular complexity index is 998. The van der Waals surface area contributed by atoms with Gasteiger partial charge in [0.25, 0.3) is 0 Å². The molecule has 29 heavy (non-hydrogen) atoms. The second-order valence-electron chi connectivity index (χ2n) is 5.82. The lowest BCUT2D eigenvalue weighted by atomic mass is 10.2. The zero-order valence-corrected chi connectivity index (χ0v) is 15.5. The summed E-state index contributed by atoms with van der Waals surface area (Å²) in [6.45, 7) is -2.16. The molecular formula is C17H13F5N4O2S. The predicted molar refractivity (Wildman–Crippen MR) is 94.8 cm³/mol. The van der Waals surface area contributed by atoms with Crippen LogP contribution < -0.4 is 10.1 Å². The molecule has 2 aromatic heterocycles. The van der Waals surface area contributed by atoms with Crippen LogP contribution in [0.25, 0.3) is 11.3 Å². The number of amides is 1. The molecule has 1 amide bonds. The molecule has 3 rings (SSSR count). The average Bonchev–Trinajstić information content (AvgIpc) is 3.21. The topological polar surface area (TPSA) is 69.0 Å². The Morgan fingerprint density at radius 3 is 2.59 bits per heavy atom. The number of alkyl halides is 5. The Kier molecular flexibility index (Phi) is 5.82. The van der Waals surface area contributed by atoms with E-state index in [9.17, 15) is 26.7 Å². The molecule has 6 nitrogen and oxygen atoms in total. The van der Waals surface area contributed by atoms with Crippen LogP contribution in [0.5, 0.6) is 5.75 Å². The van der Waals surface area contributed by atoms with Crippen molar-refractivity contribution in [3.05, 3.63) is 47.1 Å². The number of rotatable bonds is 6. The maximum atomic E-state index is 13.0. The van der Waals surface area contributed by atoms with Gasteiger partial charge in [-0.3, -0.25) is 9.48 Å². The number of nitrogens with zero attached hydrogens (tertiary/aromatic N) is 3. The van der Waals surface area contributed by atoms with E-state index in [0.717, 1.165) is 17.4 Å². The van der Waals surface area contributed by atoms with E-state index < -0.39 is 30.9 Å². The van der Waals surface area contributed by atoms with Crippen LogP contribution in [-0.2, 0) is 17.5 Å². The summed E-state index contributed by atoms with van der Waals surface area (Å²) in [5, 5.41) is 7.90. The first kappa shape index (κ1) is 20.7. The van der Waals surface area contributed by atoms with Crippen molar-refractivity contribution in [1.82, 2.24) is 14.8 Å². The minimum atomic E-state index is -4.63. The quantitative estimate of drug-likeness (QED) is 0.580. The van der Waals surface area contributed by atoms with E-state index in [2.05, 4.69) is 20.1 Å². The van der Waals surface area contributed by atoms with Crippen molar-refractivity contribution in [2.75, 3.05) is 5.32 Å². The van der Waals surface area contributed by atoms with Gasteiger partial charge in [0.1, 0.15) is 18.0 Å². The summed E-state index contributed by atoms with van der Waals surface area (Å²) in [6.07, 6.45) is -4.63. The van der Waals surface area contributed by atoms with Crippen molar-refractivity contribution < 1.29 is 31.5 Å². The molecule has 12 heteroatoms. The number of hydrogen-bond donors (Lipinski definition) is 1. The van der Waals surface area contributed by atoms with Crippen LogP contribution in [0.4, 0.5) is 27.1 Å². The number of hydrogen-bond acceptors (Lipinski definition) is 5. The number of thiazole rings is 1. The highest BCUT2D eigenvalue weighted by molar-refractivity contribution is 7.14. The lowest BCUT2D eigenvalue weighted by molar-refractivity contribution is -0.144. The summed E-state index contributed by atoms with van der Waals surface area (Å²) >= 11 is 1.07. The molecule has 0 radical (unpaired) electrons. The van der Waals surface area contributed by atoms with Crippen LogP contribution >= 0.6 is 11.3 Å². The zero-order chi connectivity index (χ0) is 21.2. The summed E-state index contributed by atoms with van der Waals surface area (Å²) in [6, 6.07) is 6.58. The van der Waals surface area contributed by atoms with Gasteiger partial charge in [-0.1, -0.05) is 0 Å². The third kappa shape index (κ3) is 5.28. The zero-order valence-electron chi connectivity index (χ0n) is 14.7. The number of ether oxygens (including phenoxy) is 1. The minimum Gasteiger partial charge on any atom is -0.435 e. The van der Waals surface area contributed by atoms with E-state index in [1.807, 2.05) is 0 Å². The number of anilines is 1. The third-order valence-electron chi connectivity index (χ3n) is 3.61. The molecule has 1 aromatic carbocycles. The molecule has 0 aliphatic rings. The lowest BCUT2D eigenvalue weighted by Crippen LogP contribution is -2.23. The van der Waals surface area contributed by atoms with Gasteiger partial charge in [-0.25, -0.2) is 4.98 Å². The molecule has 0 aliphatic carbocycles. The number of carbonyl (C=O) groups excluding carboxylic acids is 1. The molecule has 0 unspecified atom stereocenters. The van der Waals surface area contributed by atoms with Gasteiger partial charge in [0.2, 0.25) is 5.91 Å². The van der Waals surface area contributed by atoms with Gasteiger partial charge >= 0.3 is 12.8 Å². The molecule has 0 fully saturated rings. The maximum absolute atomic E-state index is 13.0. The van der Waals surface area contributed by atoms with Gasteiger partial charge in [0.05, 0.1) is 11.4 Å². The Morgan fingerprint density at radius 2 is 1.97 bits per heavy atom. The van der Waals surface area contributed by atoms with Gasteiger partial charge in [-0.15, -0.1) is 11.3 Å². The van der Waals surface area contributed by atoms with E-state index in [1.165, 1.54) is 31.2 Å². The fourth-order valence-electron chi connectivity index (χ4n) is 2.46. The fraction of sp³-hybridized carbons (Fsp3) is 0.235. The molecule has 2 heterocycles. The number of nitrogens with one attached hydrogen (secondary N) is 1. The van der Waals surface area contributed by atoms with Gasteiger partial charge < -0.3 is 10.1 Å². The predicted octanol–water partition coefficient (Wildman–Crippen LogP) is 4.57. The Morgan fingerprint density at radius 1 is 1.28 bits per heavy atom. The van der Waals surface area contributed by atoms with Crippen molar-refractivity contribution in [2.24, 2.45) is 0 Å². The Balaban J connectivity index is 1.67. The number of aromatic nitrogens is 3. The van der Waals surface area contributed by atoms with Crippen LogP contribution in [0.2, 0.25) is 0 Å². The fourth-order valence-corrected chi connectivity index (χ4v) is 3.20. The first-order valence-corrected chi connectivity index (χ1v) is 8.92. The van der Waals surface area contributed by atoms with Crippen LogP contribution in [0, 0.1) is 6.92 Å². The summed E-state index contributed by atoms with van der Waals surface area (Å²) < 4.78 is 68.1. The van der Waals surface area contributed by atoms with Crippen molar-refractivity contribution in [2.45, 2.75) is 26.3 Å². The van der Waals surface area contributed by atoms with E-state index in [4.69, 9.17) is 0 Å². The van der Waals surface area contributed by atoms with Crippen molar-refractivity contribution in [3.8, 4) is 17.0 Å². The SMILES string of the molecule is Cc1cc(C(F)(F)F)n(CC(=O)Nc2nc(-c3ccc(OC(F)F)cc3)cs2)n1. The van der Waals surface area contributed by atoms with Crippen LogP contribution in [0.3, 0.4) is 0 Å². The molecule has 3 aromatic rings. The second-order valence-corrected chi connectivity index (χ2v) is 6.67. The van der Waals surface area contributed by atoms with Gasteiger partial charge in [-0.05, 0) is 37.3 Å². The largest absolute Gasteiger partial charge is 0.435 e. The number of carbonyl (C=O) groups is 1. The first-order chi connectivity index (χ1) is 13.6. The summed E-state index contributed by atoms with van der Waals surface area (Å²) in [5.74, 6) is -0.734. The third-order valence-corrected chi connectivity index (χ3v) is 4.37. The summed E-state index contributed by atoms with van der Waals surface area (Å²) in [7, 11) is 0. The number of aryl methyl sites for hydroxylation is 1. The highest BCUT2D eigenvalue weighted by atomic mass is 32.1. The highest BCUT2D eigenvalue weighted by Gasteiger charge is 2.35. The molecule has 0 aliphatic heterocycles. The van der Waals surface area contributed by atoms with Crippen molar-refractivity contribution in [3.63, 3.8) is 0 Å². The standard InChI is InChI=1S/C17H13F5N4O2S/c1-9-6-13(17(20,21)22)26(25-9)7-14(27)24-16-23-12(8-29-16)10-2-4-11(5-3-10)28-15(18)19/h2-6,8,15H,7H2,1H3,(H,23,24,27). The molecule has 0 bridgehead atoms. The molecule has 0 saturated carbocycles. The molecule has 1 N–H and O–H groups in total. The summed E-state index contributed by atoms with van der Waals surface area (Å²) in [5.41, 5.74) is 0.169. The van der Waals surface area contributed by atoms with E-state index in [-0.39, 0.29) is 16.6 Å². The number of halogens is 5. The van der Waals surface area contributed by atoms with Crippen molar-refractivity contribution >= 4 is 22.4 Å². The normalized spacial score (nSPS) is 11.7. The molecule has 0 spiro atoms. The van der Waals surface area contributed by atoms with E-state index in [1.54, 1.807) is 5.38 Å². The number of benzene rings is 1.